The van der Waals surface area contributed by atoms with Crippen LogP contribution in [0.2, 0.25) is 5.02 Å². The van der Waals surface area contributed by atoms with E-state index in [1.807, 2.05) is 0 Å². The number of carbonyl (C=O) groups is 3. The summed E-state index contributed by atoms with van der Waals surface area (Å²) in [6.45, 7) is 0. The molecule has 3 amide bonds. The lowest BCUT2D eigenvalue weighted by Gasteiger charge is -2.13. The Labute approximate surface area is 267 Å². The van der Waals surface area contributed by atoms with Gasteiger partial charge in [0.1, 0.15) is 17.2 Å². The molecule has 230 valence electrons. The maximum absolute atomic E-state index is 13.4. The van der Waals surface area contributed by atoms with Crippen molar-refractivity contribution in [2.24, 2.45) is 0 Å². The standard InChI is InChI=1S/C32H27ClN4O7S/c1-43-28-18-29(44-2)26(17-25(28)33)35-30(38)19-45-24-10-6-9-22(16-24)34-32(40)27(36-31(39)21-7-4-3-5-8-21)15-20-11-13-23(14-12-20)37(41)42/h3-18H,19H2,1-2H3,(H,34,40)(H,35,38)(H,36,39)/b27-15+. The maximum atomic E-state index is 13.4. The van der Waals surface area contributed by atoms with Crippen LogP contribution in [0.5, 0.6) is 11.5 Å². The normalized spacial score (nSPS) is 10.9. The summed E-state index contributed by atoms with van der Waals surface area (Å²) in [7, 11) is 2.94. The lowest BCUT2D eigenvalue weighted by Crippen LogP contribution is -2.30. The Morgan fingerprint density at radius 2 is 1.60 bits per heavy atom. The van der Waals surface area contributed by atoms with Crippen LogP contribution in [0.1, 0.15) is 15.9 Å². The van der Waals surface area contributed by atoms with Gasteiger partial charge in [-0.05, 0) is 60.2 Å². The molecule has 0 saturated carbocycles. The second-order valence-electron chi connectivity index (χ2n) is 9.23. The highest BCUT2D eigenvalue weighted by Gasteiger charge is 2.17. The van der Waals surface area contributed by atoms with Crippen LogP contribution in [-0.2, 0) is 9.59 Å². The van der Waals surface area contributed by atoms with Gasteiger partial charge >= 0.3 is 0 Å². The van der Waals surface area contributed by atoms with E-state index in [-0.39, 0.29) is 23.0 Å². The molecule has 4 aromatic rings. The van der Waals surface area contributed by atoms with Gasteiger partial charge in [0, 0.05) is 34.3 Å². The summed E-state index contributed by atoms with van der Waals surface area (Å²) in [5.41, 5.74) is 1.41. The van der Waals surface area contributed by atoms with Gasteiger partial charge in [0.15, 0.2) is 0 Å². The third-order valence-corrected chi connectivity index (χ3v) is 7.44. The number of anilines is 2. The summed E-state index contributed by atoms with van der Waals surface area (Å²) < 4.78 is 10.5. The van der Waals surface area contributed by atoms with Gasteiger partial charge in [-0.1, -0.05) is 35.9 Å². The largest absolute Gasteiger partial charge is 0.495 e. The topological polar surface area (TPSA) is 149 Å². The molecule has 0 atom stereocenters. The van der Waals surface area contributed by atoms with E-state index in [2.05, 4.69) is 16.0 Å². The Morgan fingerprint density at radius 1 is 0.889 bits per heavy atom. The summed E-state index contributed by atoms with van der Waals surface area (Å²) in [5, 5.41) is 19.5. The number of non-ortho nitro benzene ring substituents is 1. The van der Waals surface area contributed by atoms with Gasteiger partial charge in [0.2, 0.25) is 5.91 Å². The summed E-state index contributed by atoms with van der Waals surface area (Å²) >= 11 is 7.43. The van der Waals surface area contributed by atoms with Crippen LogP contribution in [-0.4, -0.2) is 42.6 Å². The van der Waals surface area contributed by atoms with Gasteiger partial charge < -0.3 is 25.4 Å². The van der Waals surface area contributed by atoms with Crippen molar-refractivity contribution in [2.75, 3.05) is 30.6 Å². The van der Waals surface area contributed by atoms with Crippen molar-refractivity contribution in [3.8, 4) is 11.5 Å². The number of amides is 3. The quantitative estimate of drug-likeness (QED) is 0.0692. The number of nitrogens with zero attached hydrogens (tertiary/aromatic N) is 1. The first-order chi connectivity index (χ1) is 21.7. The van der Waals surface area contributed by atoms with Crippen LogP contribution in [0, 0.1) is 10.1 Å². The number of halogens is 1. The Kier molecular flexibility index (Phi) is 11.2. The average Bonchev–Trinajstić information content (AvgIpc) is 3.04. The number of carbonyl (C=O) groups excluding carboxylic acids is 3. The minimum Gasteiger partial charge on any atom is -0.495 e. The van der Waals surface area contributed by atoms with Crippen molar-refractivity contribution in [3.05, 3.63) is 123 Å². The monoisotopic (exact) mass is 646 g/mol. The molecule has 4 aromatic carbocycles. The molecule has 0 spiro atoms. The highest BCUT2D eigenvalue weighted by molar-refractivity contribution is 8.00. The number of ether oxygens (including phenoxy) is 2. The Morgan fingerprint density at radius 3 is 2.27 bits per heavy atom. The Hall–Kier alpha value is -5.33. The van der Waals surface area contributed by atoms with E-state index < -0.39 is 16.7 Å². The molecular formula is C32H27ClN4O7S. The zero-order chi connectivity index (χ0) is 32.3. The number of thioether (sulfide) groups is 1. The van der Waals surface area contributed by atoms with Crippen LogP contribution in [0.4, 0.5) is 17.1 Å². The second kappa shape index (κ2) is 15.4. The van der Waals surface area contributed by atoms with E-state index in [9.17, 15) is 24.5 Å². The van der Waals surface area contributed by atoms with E-state index in [1.54, 1.807) is 60.7 Å². The van der Waals surface area contributed by atoms with E-state index in [0.717, 1.165) is 0 Å². The van der Waals surface area contributed by atoms with E-state index >= 15 is 0 Å². The number of nitrogens with one attached hydrogen (secondary N) is 3. The van der Waals surface area contributed by atoms with E-state index in [1.165, 1.54) is 62.4 Å². The maximum Gasteiger partial charge on any atom is 0.272 e. The predicted molar refractivity (Wildman–Crippen MR) is 174 cm³/mol. The van der Waals surface area contributed by atoms with Gasteiger partial charge in [-0.25, -0.2) is 0 Å². The molecule has 0 unspecified atom stereocenters. The van der Waals surface area contributed by atoms with E-state index in [4.69, 9.17) is 21.1 Å². The number of benzene rings is 4. The van der Waals surface area contributed by atoms with Gasteiger partial charge in [-0.2, -0.15) is 0 Å². The summed E-state index contributed by atoms with van der Waals surface area (Å²) in [6.07, 6.45) is 1.42. The molecule has 0 fully saturated rings. The SMILES string of the molecule is COc1cc(OC)c(NC(=O)CSc2cccc(NC(=O)/C(=C\c3ccc([N+](=O)[O-])cc3)NC(=O)c3ccccc3)c2)cc1Cl. The molecule has 11 nitrogen and oxygen atoms in total. The second-order valence-corrected chi connectivity index (χ2v) is 10.7. The van der Waals surface area contributed by atoms with Crippen molar-refractivity contribution in [1.82, 2.24) is 5.32 Å². The zero-order valence-electron chi connectivity index (χ0n) is 24.0. The summed E-state index contributed by atoms with van der Waals surface area (Å²) in [6, 6.07) is 23.9. The molecule has 0 aliphatic rings. The lowest BCUT2D eigenvalue weighted by molar-refractivity contribution is -0.384. The predicted octanol–water partition coefficient (Wildman–Crippen LogP) is 6.41. The average molecular weight is 647 g/mol. The zero-order valence-corrected chi connectivity index (χ0v) is 25.6. The third kappa shape index (κ3) is 9.08. The minimum atomic E-state index is -0.624. The highest BCUT2D eigenvalue weighted by atomic mass is 35.5. The molecule has 0 aliphatic heterocycles. The molecule has 45 heavy (non-hydrogen) atoms. The molecule has 0 bridgehead atoms. The van der Waals surface area contributed by atoms with Crippen LogP contribution in [0.15, 0.2) is 102 Å². The molecule has 13 heteroatoms. The van der Waals surface area contributed by atoms with E-state index in [0.29, 0.717) is 43.9 Å². The Bertz CT molecular complexity index is 1750. The molecule has 4 rings (SSSR count). The van der Waals surface area contributed by atoms with Crippen molar-refractivity contribution in [3.63, 3.8) is 0 Å². The minimum absolute atomic E-state index is 0.0443. The molecule has 0 aromatic heterocycles. The molecule has 0 aliphatic carbocycles. The van der Waals surface area contributed by atoms with Crippen molar-refractivity contribution in [2.45, 2.75) is 4.90 Å². The van der Waals surface area contributed by atoms with Gasteiger partial charge in [-0.3, -0.25) is 24.5 Å². The van der Waals surface area contributed by atoms with Crippen LogP contribution < -0.4 is 25.4 Å². The van der Waals surface area contributed by atoms with Gasteiger partial charge in [-0.15, -0.1) is 11.8 Å². The fraction of sp³-hybridized carbons (Fsp3) is 0.0938. The fourth-order valence-electron chi connectivity index (χ4n) is 3.96. The first-order valence-electron chi connectivity index (χ1n) is 13.2. The molecule has 0 heterocycles. The van der Waals surface area contributed by atoms with Crippen molar-refractivity contribution < 1.29 is 28.8 Å². The smallest absolute Gasteiger partial charge is 0.272 e. The van der Waals surface area contributed by atoms with Crippen LogP contribution in [0.25, 0.3) is 6.08 Å². The first-order valence-corrected chi connectivity index (χ1v) is 14.6. The highest BCUT2D eigenvalue weighted by Crippen LogP contribution is 2.36. The number of nitro groups is 1. The number of hydrogen-bond acceptors (Lipinski definition) is 8. The summed E-state index contributed by atoms with van der Waals surface area (Å²) in [5.74, 6) is -0.611. The first kappa shape index (κ1) is 32.6. The lowest BCUT2D eigenvalue weighted by atomic mass is 10.1. The molecule has 0 radical (unpaired) electrons. The molecular weight excluding hydrogens is 620 g/mol. The van der Waals surface area contributed by atoms with Crippen LogP contribution in [0.3, 0.4) is 0 Å². The molecule has 0 saturated heterocycles. The van der Waals surface area contributed by atoms with Crippen LogP contribution >= 0.6 is 23.4 Å². The number of hydrogen-bond donors (Lipinski definition) is 3. The van der Waals surface area contributed by atoms with Gasteiger partial charge in [0.25, 0.3) is 17.5 Å². The third-order valence-electron chi connectivity index (χ3n) is 6.15. The Balaban J connectivity index is 1.46. The number of rotatable bonds is 12. The molecule has 3 N–H and O–H groups in total. The van der Waals surface area contributed by atoms with Crippen molar-refractivity contribution in [1.29, 1.82) is 0 Å². The van der Waals surface area contributed by atoms with Gasteiger partial charge in [0.05, 0.1) is 35.6 Å². The summed E-state index contributed by atoms with van der Waals surface area (Å²) in [4.78, 5) is 50.2. The number of nitro benzene ring substituents is 1. The number of methoxy groups -OCH3 is 2. The fourth-order valence-corrected chi connectivity index (χ4v) is 4.95. The van der Waals surface area contributed by atoms with Crippen molar-refractivity contribution >= 4 is 64.2 Å².